The van der Waals surface area contributed by atoms with Crippen molar-refractivity contribution in [2.24, 2.45) is 12.8 Å². The summed E-state index contributed by atoms with van der Waals surface area (Å²) in [5.74, 6) is 0.0252. The van der Waals surface area contributed by atoms with Crippen LogP contribution >= 0.6 is 0 Å². The maximum atomic E-state index is 12.4. The van der Waals surface area contributed by atoms with E-state index in [4.69, 9.17) is 10.5 Å². The Bertz CT molecular complexity index is 1270. The number of anilines is 1. The predicted molar refractivity (Wildman–Crippen MR) is 120 cm³/mol. The maximum Gasteiger partial charge on any atom is 0.250 e. The van der Waals surface area contributed by atoms with Gasteiger partial charge in [-0.25, -0.2) is 0 Å². The zero-order chi connectivity index (χ0) is 22.5. The highest BCUT2D eigenvalue weighted by atomic mass is 16.5. The molecule has 4 rings (SSSR count). The first kappa shape index (κ1) is 20.8. The third-order valence-corrected chi connectivity index (χ3v) is 4.71. The van der Waals surface area contributed by atoms with Crippen molar-refractivity contribution in [1.29, 1.82) is 0 Å². The van der Waals surface area contributed by atoms with Gasteiger partial charge in [-0.2, -0.15) is 5.10 Å². The fraction of sp³-hybridized carbons (Fsp3) is 0.0833. The number of aryl methyl sites for hydroxylation is 1. The number of nitrogens with two attached hydrogens (primary N) is 1. The van der Waals surface area contributed by atoms with Crippen molar-refractivity contribution < 1.29 is 14.3 Å². The number of rotatable bonds is 7. The number of hydrogen-bond donors (Lipinski definition) is 2. The van der Waals surface area contributed by atoms with E-state index in [1.165, 1.54) is 6.07 Å². The maximum absolute atomic E-state index is 12.4. The number of hydrogen-bond acceptors (Lipinski definition) is 5. The third-order valence-electron chi connectivity index (χ3n) is 4.71. The molecule has 2 amide bonds. The number of nitrogens with one attached hydrogen (secondary N) is 1. The molecule has 0 aliphatic carbocycles. The van der Waals surface area contributed by atoms with Gasteiger partial charge in [0.05, 0.1) is 29.6 Å². The summed E-state index contributed by atoms with van der Waals surface area (Å²) in [5, 5.41) is 6.90. The SMILES string of the molecule is Cn1cc(-c2cc(Oc3ccc(NC(=O)Cc4ccccc4)c(C(N)=O)c3)ccn2)cn1. The Morgan fingerprint density at radius 3 is 2.56 bits per heavy atom. The van der Waals surface area contributed by atoms with Gasteiger partial charge in [0.15, 0.2) is 0 Å². The number of primary amides is 1. The second-order valence-electron chi connectivity index (χ2n) is 7.16. The smallest absolute Gasteiger partial charge is 0.250 e. The lowest BCUT2D eigenvalue weighted by atomic mass is 10.1. The van der Waals surface area contributed by atoms with Crippen LogP contribution in [0.5, 0.6) is 11.5 Å². The summed E-state index contributed by atoms with van der Waals surface area (Å²) in [6, 6.07) is 17.6. The van der Waals surface area contributed by atoms with Crippen LogP contribution in [0.1, 0.15) is 15.9 Å². The number of benzene rings is 2. The zero-order valence-electron chi connectivity index (χ0n) is 17.4. The van der Waals surface area contributed by atoms with E-state index in [1.807, 2.05) is 43.6 Å². The molecule has 0 fully saturated rings. The number of ether oxygens (including phenoxy) is 1. The van der Waals surface area contributed by atoms with Gasteiger partial charge in [-0.1, -0.05) is 30.3 Å². The lowest BCUT2D eigenvalue weighted by Gasteiger charge is -2.12. The number of pyridine rings is 1. The average molecular weight is 427 g/mol. The fourth-order valence-corrected chi connectivity index (χ4v) is 3.20. The summed E-state index contributed by atoms with van der Waals surface area (Å²) < 4.78 is 7.60. The minimum absolute atomic E-state index is 0.158. The van der Waals surface area contributed by atoms with Crippen LogP contribution in [0, 0.1) is 0 Å². The van der Waals surface area contributed by atoms with Gasteiger partial charge in [0, 0.05) is 31.1 Å². The molecule has 2 aromatic heterocycles. The third kappa shape index (κ3) is 4.99. The Morgan fingerprint density at radius 2 is 1.84 bits per heavy atom. The van der Waals surface area contributed by atoms with E-state index in [2.05, 4.69) is 15.4 Å². The molecule has 0 saturated heterocycles. The standard InChI is InChI=1S/C24H21N5O3/c1-29-15-17(14-27-29)22-13-19(9-10-26-22)32-18-7-8-21(20(12-18)24(25)31)28-23(30)11-16-5-3-2-4-6-16/h2-10,12-15H,11H2,1H3,(H2,25,31)(H,28,30). The Labute approximate surface area is 184 Å². The van der Waals surface area contributed by atoms with Crippen LogP contribution in [0.2, 0.25) is 0 Å². The minimum Gasteiger partial charge on any atom is -0.457 e. The number of carbonyl (C=O) groups is 2. The monoisotopic (exact) mass is 427 g/mol. The summed E-state index contributed by atoms with van der Waals surface area (Å²) in [5.41, 5.74) is 8.46. The number of amides is 2. The van der Waals surface area contributed by atoms with Gasteiger partial charge in [-0.05, 0) is 29.8 Å². The molecule has 0 bridgehead atoms. The van der Waals surface area contributed by atoms with Gasteiger partial charge in [-0.3, -0.25) is 19.3 Å². The van der Waals surface area contributed by atoms with Crippen molar-refractivity contribution in [3.63, 3.8) is 0 Å². The second kappa shape index (κ2) is 9.13. The zero-order valence-corrected chi connectivity index (χ0v) is 17.4. The van der Waals surface area contributed by atoms with Crippen molar-refractivity contribution >= 4 is 17.5 Å². The number of aromatic nitrogens is 3. The normalized spacial score (nSPS) is 10.5. The average Bonchev–Trinajstić information content (AvgIpc) is 3.22. The van der Waals surface area contributed by atoms with Gasteiger partial charge >= 0.3 is 0 Å². The molecule has 0 atom stereocenters. The van der Waals surface area contributed by atoms with Crippen molar-refractivity contribution in [3.8, 4) is 22.8 Å². The molecule has 0 unspecified atom stereocenters. The van der Waals surface area contributed by atoms with E-state index in [0.29, 0.717) is 22.9 Å². The molecule has 160 valence electrons. The van der Waals surface area contributed by atoms with Crippen molar-refractivity contribution in [2.45, 2.75) is 6.42 Å². The van der Waals surface area contributed by atoms with E-state index in [9.17, 15) is 9.59 Å². The van der Waals surface area contributed by atoms with Crippen molar-refractivity contribution in [2.75, 3.05) is 5.32 Å². The fourth-order valence-electron chi connectivity index (χ4n) is 3.20. The minimum atomic E-state index is -0.670. The molecule has 0 radical (unpaired) electrons. The van der Waals surface area contributed by atoms with Crippen LogP contribution in [0.25, 0.3) is 11.3 Å². The molecule has 4 aromatic rings. The summed E-state index contributed by atoms with van der Waals surface area (Å²) >= 11 is 0. The molecule has 8 heteroatoms. The Hall–Kier alpha value is -4.46. The summed E-state index contributed by atoms with van der Waals surface area (Å²) in [6.45, 7) is 0. The van der Waals surface area contributed by atoms with Crippen LogP contribution in [0.3, 0.4) is 0 Å². The van der Waals surface area contributed by atoms with E-state index >= 15 is 0 Å². The predicted octanol–water partition coefficient (Wildman–Crippen LogP) is 3.55. The van der Waals surface area contributed by atoms with Crippen LogP contribution in [-0.2, 0) is 18.3 Å². The number of nitrogens with zero attached hydrogens (tertiary/aromatic N) is 3. The second-order valence-corrected chi connectivity index (χ2v) is 7.16. The quantitative estimate of drug-likeness (QED) is 0.468. The van der Waals surface area contributed by atoms with Gasteiger partial charge in [0.25, 0.3) is 5.91 Å². The first-order valence-corrected chi connectivity index (χ1v) is 9.88. The molecule has 0 spiro atoms. The first-order chi connectivity index (χ1) is 15.5. The molecule has 8 nitrogen and oxygen atoms in total. The van der Waals surface area contributed by atoms with Crippen LogP contribution in [-0.4, -0.2) is 26.6 Å². The molecule has 2 aromatic carbocycles. The first-order valence-electron chi connectivity index (χ1n) is 9.88. The Balaban J connectivity index is 1.52. The van der Waals surface area contributed by atoms with Gasteiger partial charge in [-0.15, -0.1) is 0 Å². The highest BCUT2D eigenvalue weighted by Gasteiger charge is 2.14. The summed E-state index contributed by atoms with van der Waals surface area (Å²) in [4.78, 5) is 28.7. The van der Waals surface area contributed by atoms with Crippen molar-refractivity contribution in [1.82, 2.24) is 14.8 Å². The van der Waals surface area contributed by atoms with E-state index < -0.39 is 5.91 Å². The highest BCUT2D eigenvalue weighted by Crippen LogP contribution is 2.28. The van der Waals surface area contributed by atoms with E-state index in [-0.39, 0.29) is 17.9 Å². The van der Waals surface area contributed by atoms with Crippen molar-refractivity contribution in [3.05, 3.63) is 90.4 Å². The van der Waals surface area contributed by atoms with E-state index in [1.54, 1.807) is 41.3 Å². The van der Waals surface area contributed by atoms with Gasteiger partial charge < -0.3 is 15.8 Å². The molecule has 0 aliphatic heterocycles. The molecule has 0 saturated carbocycles. The van der Waals surface area contributed by atoms with E-state index in [0.717, 1.165) is 11.1 Å². The molecule has 0 aliphatic rings. The van der Waals surface area contributed by atoms with Crippen LogP contribution in [0.15, 0.2) is 79.3 Å². The molecular weight excluding hydrogens is 406 g/mol. The lowest BCUT2D eigenvalue weighted by Crippen LogP contribution is -2.19. The highest BCUT2D eigenvalue weighted by molar-refractivity contribution is 6.03. The van der Waals surface area contributed by atoms with Gasteiger partial charge in [0.1, 0.15) is 11.5 Å². The molecule has 2 heterocycles. The summed E-state index contributed by atoms with van der Waals surface area (Å²) in [6.07, 6.45) is 5.38. The largest absolute Gasteiger partial charge is 0.457 e. The number of carbonyl (C=O) groups excluding carboxylic acids is 2. The Morgan fingerprint density at radius 1 is 1.06 bits per heavy atom. The van der Waals surface area contributed by atoms with Crippen LogP contribution < -0.4 is 15.8 Å². The summed E-state index contributed by atoms with van der Waals surface area (Å²) in [7, 11) is 1.83. The Kier molecular flexibility index (Phi) is 5.94. The van der Waals surface area contributed by atoms with Gasteiger partial charge in [0.2, 0.25) is 5.91 Å². The lowest BCUT2D eigenvalue weighted by molar-refractivity contribution is -0.115. The topological polar surface area (TPSA) is 112 Å². The molecule has 32 heavy (non-hydrogen) atoms. The molecular formula is C24H21N5O3. The molecule has 3 N–H and O–H groups in total. The van der Waals surface area contributed by atoms with Crippen LogP contribution in [0.4, 0.5) is 5.69 Å².